The largest absolute Gasteiger partial charge is 0.496 e. The molecule has 0 bridgehead atoms. The van der Waals surface area contributed by atoms with Crippen LogP contribution in [-0.4, -0.2) is 16.5 Å². The highest BCUT2D eigenvalue weighted by Gasteiger charge is 2.06. The highest BCUT2D eigenvalue weighted by Crippen LogP contribution is 2.27. The maximum absolute atomic E-state index is 5.72. The van der Waals surface area contributed by atoms with E-state index in [-0.39, 0.29) is 0 Å². The van der Waals surface area contributed by atoms with E-state index in [2.05, 4.69) is 28.4 Å². The Morgan fingerprint density at radius 2 is 2.26 bits per heavy atom. The zero-order valence-electron chi connectivity index (χ0n) is 11.0. The van der Waals surface area contributed by atoms with Gasteiger partial charge in [0.15, 0.2) is 4.34 Å². The molecule has 0 radical (unpaired) electrons. The van der Waals surface area contributed by atoms with Gasteiger partial charge in [0.1, 0.15) is 11.6 Å². The number of aryl methyl sites for hydroxylation is 1. The second-order valence-electron chi connectivity index (χ2n) is 3.97. The third-order valence-electron chi connectivity index (χ3n) is 2.69. The lowest BCUT2D eigenvalue weighted by Crippen LogP contribution is -2.00. The van der Waals surface area contributed by atoms with Gasteiger partial charge >= 0.3 is 0 Å². The van der Waals surface area contributed by atoms with Crippen molar-refractivity contribution in [3.8, 4) is 5.75 Å². The molecule has 19 heavy (non-hydrogen) atoms. The molecule has 0 aliphatic rings. The topological polar surface area (TPSA) is 61.0 Å². The van der Waals surface area contributed by atoms with Gasteiger partial charge in [0.25, 0.3) is 0 Å². The summed E-state index contributed by atoms with van der Waals surface area (Å²) in [7, 11) is 1.66. The molecule has 2 rings (SSSR count). The van der Waals surface area contributed by atoms with E-state index in [1.807, 2.05) is 6.07 Å². The lowest BCUT2D eigenvalue weighted by molar-refractivity contribution is 0.409. The molecule has 0 spiro atoms. The number of methoxy groups -OCH3 is 1. The van der Waals surface area contributed by atoms with Crippen molar-refractivity contribution >= 4 is 23.3 Å². The van der Waals surface area contributed by atoms with Crippen molar-refractivity contribution in [3.63, 3.8) is 0 Å². The van der Waals surface area contributed by atoms with Crippen LogP contribution in [0, 0.1) is 0 Å². The molecule has 1 heterocycles. The number of ether oxygens (including phenoxy) is 1. The van der Waals surface area contributed by atoms with Gasteiger partial charge in [-0.1, -0.05) is 24.8 Å². The van der Waals surface area contributed by atoms with Crippen LogP contribution in [0.2, 0.25) is 0 Å². The molecule has 0 fully saturated rings. The van der Waals surface area contributed by atoms with Gasteiger partial charge in [-0.25, -0.2) is 4.98 Å². The molecular weight excluding hydrogens is 278 g/mol. The van der Waals surface area contributed by atoms with E-state index in [4.69, 9.17) is 10.5 Å². The molecule has 0 aliphatic heterocycles. The lowest BCUT2D eigenvalue weighted by Gasteiger charge is -2.08. The molecule has 0 amide bonds. The summed E-state index contributed by atoms with van der Waals surface area (Å²) in [6.07, 6.45) is 0.886. The Hall–Kier alpha value is -1.11. The van der Waals surface area contributed by atoms with Crippen LogP contribution in [0.3, 0.4) is 0 Å². The summed E-state index contributed by atoms with van der Waals surface area (Å²) in [5, 5.41) is 0. The van der Waals surface area contributed by atoms with Crippen molar-refractivity contribution in [1.29, 1.82) is 0 Å². The SMILES string of the molecule is CCc1nsc(SCc2ccc(OC)c(CN)c2)n1. The Kier molecular flexibility index (Phi) is 5.18. The summed E-state index contributed by atoms with van der Waals surface area (Å²) in [5.41, 5.74) is 7.97. The second-order valence-corrected chi connectivity index (χ2v) is 5.94. The van der Waals surface area contributed by atoms with Gasteiger partial charge in [-0.15, -0.1) is 0 Å². The number of aromatic nitrogens is 2. The molecule has 0 saturated carbocycles. The number of hydrogen-bond donors (Lipinski definition) is 1. The lowest BCUT2D eigenvalue weighted by atomic mass is 10.1. The van der Waals surface area contributed by atoms with Gasteiger partial charge in [0, 0.05) is 24.3 Å². The van der Waals surface area contributed by atoms with Crippen LogP contribution in [0.1, 0.15) is 23.9 Å². The van der Waals surface area contributed by atoms with Crippen molar-refractivity contribution < 1.29 is 4.74 Å². The van der Waals surface area contributed by atoms with Gasteiger partial charge in [-0.05, 0) is 29.2 Å². The van der Waals surface area contributed by atoms with Crippen LogP contribution in [0.25, 0.3) is 0 Å². The number of nitrogens with zero attached hydrogens (tertiary/aromatic N) is 2. The second kappa shape index (κ2) is 6.88. The standard InChI is InChI=1S/C13H17N3OS2/c1-3-12-15-13(19-16-12)18-8-9-4-5-11(17-2)10(6-9)7-14/h4-6H,3,7-8,14H2,1-2H3. The maximum atomic E-state index is 5.72. The van der Waals surface area contributed by atoms with Crippen LogP contribution in [0.5, 0.6) is 5.75 Å². The first-order valence-electron chi connectivity index (χ1n) is 6.08. The highest BCUT2D eigenvalue weighted by atomic mass is 32.2. The quantitative estimate of drug-likeness (QED) is 0.830. The fraction of sp³-hybridized carbons (Fsp3) is 0.385. The predicted molar refractivity (Wildman–Crippen MR) is 79.7 cm³/mol. The van der Waals surface area contributed by atoms with Crippen molar-refractivity contribution in [2.24, 2.45) is 5.73 Å². The molecule has 1 aromatic carbocycles. The molecule has 0 aliphatic carbocycles. The summed E-state index contributed by atoms with van der Waals surface area (Å²) in [4.78, 5) is 4.44. The van der Waals surface area contributed by atoms with Crippen molar-refractivity contribution in [1.82, 2.24) is 9.36 Å². The minimum Gasteiger partial charge on any atom is -0.496 e. The summed E-state index contributed by atoms with van der Waals surface area (Å²) >= 11 is 3.17. The Balaban J connectivity index is 2.03. The maximum Gasteiger partial charge on any atom is 0.170 e. The Bertz CT molecular complexity index is 542. The fourth-order valence-corrected chi connectivity index (χ4v) is 3.31. The first kappa shape index (κ1) is 14.3. The number of rotatable bonds is 6. The monoisotopic (exact) mass is 295 g/mol. The van der Waals surface area contributed by atoms with Crippen LogP contribution in [0.4, 0.5) is 0 Å². The van der Waals surface area contributed by atoms with E-state index >= 15 is 0 Å². The van der Waals surface area contributed by atoms with Crippen molar-refractivity contribution in [2.45, 2.75) is 30.0 Å². The Morgan fingerprint density at radius 3 is 2.89 bits per heavy atom. The Morgan fingerprint density at radius 1 is 1.42 bits per heavy atom. The summed E-state index contributed by atoms with van der Waals surface area (Å²) in [6.45, 7) is 2.55. The zero-order chi connectivity index (χ0) is 13.7. The van der Waals surface area contributed by atoms with Gasteiger partial charge in [-0.3, -0.25) is 0 Å². The van der Waals surface area contributed by atoms with Crippen molar-refractivity contribution in [2.75, 3.05) is 7.11 Å². The first-order valence-corrected chi connectivity index (χ1v) is 7.84. The molecule has 0 unspecified atom stereocenters. The fourth-order valence-electron chi connectivity index (χ4n) is 1.67. The van der Waals surface area contributed by atoms with Crippen LogP contribution >= 0.6 is 23.3 Å². The highest BCUT2D eigenvalue weighted by molar-refractivity contribution is 8.00. The van der Waals surface area contributed by atoms with Gasteiger partial charge in [-0.2, -0.15) is 4.37 Å². The summed E-state index contributed by atoms with van der Waals surface area (Å²) < 4.78 is 10.6. The zero-order valence-corrected chi connectivity index (χ0v) is 12.7. The van der Waals surface area contributed by atoms with Crippen molar-refractivity contribution in [3.05, 3.63) is 35.2 Å². The normalized spacial score (nSPS) is 10.7. The molecular formula is C13H17N3OS2. The van der Waals surface area contributed by atoms with E-state index < -0.39 is 0 Å². The summed E-state index contributed by atoms with van der Waals surface area (Å²) in [5.74, 6) is 2.64. The smallest absolute Gasteiger partial charge is 0.170 e. The summed E-state index contributed by atoms with van der Waals surface area (Å²) in [6, 6.07) is 6.12. The first-order chi connectivity index (χ1) is 9.26. The number of thioether (sulfide) groups is 1. The van der Waals surface area contributed by atoms with E-state index in [1.165, 1.54) is 17.1 Å². The predicted octanol–water partition coefficient (Wildman–Crippen LogP) is 2.86. The van der Waals surface area contributed by atoms with Gasteiger partial charge in [0.2, 0.25) is 0 Å². The van der Waals surface area contributed by atoms with Crippen LogP contribution < -0.4 is 10.5 Å². The third kappa shape index (κ3) is 3.68. The molecule has 102 valence electrons. The van der Waals surface area contributed by atoms with Crippen LogP contribution in [-0.2, 0) is 18.7 Å². The average molecular weight is 295 g/mol. The third-order valence-corrected chi connectivity index (χ3v) is 4.64. The molecule has 2 N–H and O–H groups in total. The van der Waals surface area contributed by atoms with Gasteiger partial charge < -0.3 is 10.5 Å². The van der Waals surface area contributed by atoms with E-state index in [1.54, 1.807) is 18.9 Å². The number of hydrogen-bond acceptors (Lipinski definition) is 6. The number of nitrogens with two attached hydrogens (primary N) is 1. The molecule has 6 heteroatoms. The van der Waals surface area contributed by atoms with E-state index in [0.717, 1.165) is 33.7 Å². The van der Waals surface area contributed by atoms with Crippen LogP contribution in [0.15, 0.2) is 22.5 Å². The minimum atomic E-state index is 0.487. The molecule has 0 atom stereocenters. The van der Waals surface area contributed by atoms with E-state index in [0.29, 0.717) is 6.54 Å². The molecule has 1 aromatic heterocycles. The molecule has 4 nitrogen and oxygen atoms in total. The minimum absolute atomic E-state index is 0.487. The number of benzene rings is 1. The molecule has 2 aromatic rings. The average Bonchev–Trinajstić information content (AvgIpc) is 2.92. The van der Waals surface area contributed by atoms with E-state index in [9.17, 15) is 0 Å². The Labute approximate surface area is 121 Å². The molecule has 0 saturated heterocycles. The van der Waals surface area contributed by atoms with Gasteiger partial charge in [0.05, 0.1) is 7.11 Å².